The van der Waals surface area contributed by atoms with Crippen LogP contribution in [0.5, 0.6) is 5.75 Å². The van der Waals surface area contributed by atoms with Crippen LogP contribution in [0.1, 0.15) is 16.7 Å². The molecule has 0 unspecified atom stereocenters. The zero-order chi connectivity index (χ0) is 22.1. The molecule has 0 radical (unpaired) electrons. The average Bonchev–Trinajstić information content (AvgIpc) is 2.98. The smallest absolute Gasteiger partial charge is 0.282 e. The number of imide groups is 1. The van der Waals surface area contributed by atoms with Gasteiger partial charge in [-0.1, -0.05) is 29.8 Å². The Morgan fingerprint density at radius 3 is 2.29 bits per heavy atom. The first-order valence-corrected chi connectivity index (χ1v) is 9.76. The van der Waals surface area contributed by atoms with Gasteiger partial charge in [0.1, 0.15) is 17.3 Å². The van der Waals surface area contributed by atoms with Gasteiger partial charge in [-0.05, 0) is 67.4 Å². The molecule has 4 rings (SSSR count). The van der Waals surface area contributed by atoms with Gasteiger partial charge in [0.15, 0.2) is 0 Å². The second-order valence-corrected chi connectivity index (χ2v) is 7.35. The molecule has 1 aliphatic heterocycles. The van der Waals surface area contributed by atoms with E-state index >= 15 is 0 Å². The maximum absolute atomic E-state index is 13.7. The summed E-state index contributed by atoms with van der Waals surface area (Å²) in [7, 11) is 1.54. The highest BCUT2D eigenvalue weighted by molar-refractivity contribution is 6.46. The van der Waals surface area contributed by atoms with Crippen molar-refractivity contribution in [1.29, 1.82) is 0 Å². The molecule has 0 aliphatic carbocycles. The number of nitrogens with one attached hydrogen (secondary N) is 1. The molecule has 6 heteroatoms. The monoisotopic (exact) mass is 416 g/mol. The summed E-state index contributed by atoms with van der Waals surface area (Å²) in [5, 5.41) is 2.98. The quantitative estimate of drug-likeness (QED) is 0.604. The number of rotatable bonds is 5. The molecule has 156 valence electrons. The third kappa shape index (κ3) is 3.80. The number of hydrogen-bond donors (Lipinski definition) is 1. The topological polar surface area (TPSA) is 58.6 Å². The first kappa shape index (κ1) is 20.3. The van der Waals surface area contributed by atoms with Gasteiger partial charge in [0, 0.05) is 5.69 Å². The number of anilines is 2. The number of benzene rings is 3. The Hall–Kier alpha value is -3.93. The van der Waals surface area contributed by atoms with E-state index in [1.54, 1.807) is 37.4 Å². The molecule has 31 heavy (non-hydrogen) atoms. The van der Waals surface area contributed by atoms with Gasteiger partial charge >= 0.3 is 0 Å². The molecule has 1 N–H and O–H groups in total. The summed E-state index contributed by atoms with van der Waals surface area (Å²) in [5.74, 6) is -0.776. The fourth-order valence-electron chi connectivity index (χ4n) is 3.67. The molecule has 2 amide bonds. The molecule has 3 aromatic carbocycles. The summed E-state index contributed by atoms with van der Waals surface area (Å²) in [6.45, 7) is 3.85. The number of amides is 2. The minimum absolute atomic E-state index is 0.110. The highest BCUT2D eigenvalue weighted by Gasteiger charge is 2.40. The number of carbonyl (C=O) groups excluding carboxylic acids is 2. The summed E-state index contributed by atoms with van der Waals surface area (Å²) in [4.78, 5) is 28.0. The highest BCUT2D eigenvalue weighted by atomic mass is 19.1. The van der Waals surface area contributed by atoms with Crippen molar-refractivity contribution in [2.45, 2.75) is 13.8 Å². The van der Waals surface area contributed by atoms with Crippen LogP contribution in [0.2, 0.25) is 0 Å². The third-order valence-corrected chi connectivity index (χ3v) is 5.16. The van der Waals surface area contributed by atoms with E-state index in [0.717, 1.165) is 16.0 Å². The van der Waals surface area contributed by atoms with Crippen molar-refractivity contribution in [3.05, 3.63) is 94.9 Å². The normalized spacial score (nSPS) is 13.7. The van der Waals surface area contributed by atoms with E-state index in [4.69, 9.17) is 4.74 Å². The van der Waals surface area contributed by atoms with Crippen molar-refractivity contribution < 1.29 is 18.7 Å². The second-order valence-electron chi connectivity index (χ2n) is 7.35. The van der Waals surface area contributed by atoms with E-state index in [0.29, 0.717) is 22.7 Å². The van der Waals surface area contributed by atoms with Crippen LogP contribution in [0.25, 0.3) is 5.57 Å². The first-order chi connectivity index (χ1) is 14.9. The van der Waals surface area contributed by atoms with Crippen LogP contribution in [0, 0.1) is 19.7 Å². The Morgan fingerprint density at radius 1 is 0.903 bits per heavy atom. The van der Waals surface area contributed by atoms with Crippen LogP contribution in [-0.4, -0.2) is 18.9 Å². The van der Waals surface area contributed by atoms with Gasteiger partial charge in [-0.3, -0.25) is 9.59 Å². The summed E-state index contributed by atoms with van der Waals surface area (Å²) < 4.78 is 18.9. The van der Waals surface area contributed by atoms with E-state index in [2.05, 4.69) is 5.32 Å². The maximum Gasteiger partial charge on any atom is 0.282 e. The Bertz CT molecular complexity index is 1220. The third-order valence-electron chi connectivity index (χ3n) is 5.16. The number of hydrogen-bond acceptors (Lipinski definition) is 4. The molecule has 0 spiro atoms. The number of methoxy groups -OCH3 is 1. The number of nitrogens with zero attached hydrogens (tertiary/aromatic N) is 1. The molecule has 0 saturated carbocycles. The van der Waals surface area contributed by atoms with Crippen molar-refractivity contribution in [2.24, 2.45) is 0 Å². The molecule has 5 nitrogen and oxygen atoms in total. The van der Waals surface area contributed by atoms with E-state index < -0.39 is 17.6 Å². The van der Waals surface area contributed by atoms with Crippen LogP contribution in [-0.2, 0) is 9.59 Å². The fraction of sp³-hybridized carbons (Fsp3) is 0.120. The highest BCUT2D eigenvalue weighted by Crippen LogP contribution is 2.35. The van der Waals surface area contributed by atoms with Crippen molar-refractivity contribution in [2.75, 3.05) is 17.3 Å². The number of aryl methyl sites for hydroxylation is 2. The lowest BCUT2D eigenvalue weighted by Gasteiger charge is -2.16. The number of carbonyl (C=O) groups is 2. The summed E-state index contributed by atoms with van der Waals surface area (Å²) in [6.07, 6.45) is 0. The molecule has 0 fully saturated rings. The van der Waals surface area contributed by atoms with Crippen molar-refractivity contribution >= 4 is 28.8 Å². The average molecular weight is 416 g/mol. The lowest BCUT2D eigenvalue weighted by Crippen LogP contribution is -2.32. The minimum atomic E-state index is -0.505. The van der Waals surface area contributed by atoms with Gasteiger partial charge in [0.05, 0.1) is 18.4 Å². The van der Waals surface area contributed by atoms with Gasteiger partial charge in [-0.2, -0.15) is 0 Å². The molecule has 1 heterocycles. The van der Waals surface area contributed by atoms with Gasteiger partial charge in [-0.25, -0.2) is 9.29 Å². The SMILES string of the molecule is COc1ccc(N2C(=O)C(Nc3cccc(F)c3)=C(c3ccc(C)cc3C)C2=O)cc1. The molecule has 0 saturated heterocycles. The second kappa shape index (κ2) is 8.07. The van der Waals surface area contributed by atoms with Gasteiger partial charge in [0.2, 0.25) is 0 Å². The van der Waals surface area contributed by atoms with E-state index in [1.807, 2.05) is 32.0 Å². The van der Waals surface area contributed by atoms with Crippen LogP contribution >= 0.6 is 0 Å². The fourth-order valence-corrected chi connectivity index (χ4v) is 3.67. The summed E-state index contributed by atoms with van der Waals surface area (Å²) in [6, 6.07) is 18.1. The first-order valence-electron chi connectivity index (χ1n) is 9.76. The lowest BCUT2D eigenvalue weighted by atomic mass is 9.97. The molecule has 1 aliphatic rings. The van der Waals surface area contributed by atoms with Crippen molar-refractivity contribution in [1.82, 2.24) is 0 Å². The predicted octanol–water partition coefficient (Wildman–Crippen LogP) is 4.85. The zero-order valence-electron chi connectivity index (χ0n) is 17.4. The Labute approximate surface area is 179 Å². The number of ether oxygens (including phenoxy) is 1. The largest absolute Gasteiger partial charge is 0.497 e. The maximum atomic E-state index is 13.7. The van der Waals surface area contributed by atoms with Crippen LogP contribution in [0.15, 0.2) is 72.4 Å². The van der Waals surface area contributed by atoms with Crippen LogP contribution < -0.4 is 15.0 Å². The van der Waals surface area contributed by atoms with Crippen LogP contribution in [0.3, 0.4) is 0 Å². The minimum Gasteiger partial charge on any atom is -0.497 e. The Balaban J connectivity index is 1.84. The molecular formula is C25H21FN2O3. The molecule has 0 aromatic heterocycles. The van der Waals surface area contributed by atoms with Crippen LogP contribution in [0.4, 0.5) is 15.8 Å². The van der Waals surface area contributed by atoms with Crippen molar-refractivity contribution in [3.8, 4) is 5.75 Å². The van der Waals surface area contributed by atoms with Gasteiger partial charge in [-0.15, -0.1) is 0 Å². The summed E-state index contributed by atoms with van der Waals surface area (Å²) >= 11 is 0. The number of halogens is 1. The van der Waals surface area contributed by atoms with E-state index in [1.165, 1.54) is 18.2 Å². The molecule has 0 bridgehead atoms. The zero-order valence-corrected chi connectivity index (χ0v) is 17.4. The Kier molecular flexibility index (Phi) is 5.29. The standard InChI is InChI=1S/C25H21FN2O3/c1-15-7-12-21(16(2)13-15)22-23(27-18-6-4-5-17(26)14-18)25(30)28(24(22)29)19-8-10-20(31-3)11-9-19/h4-14,27H,1-3H3. The molecule has 0 atom stereocenters. The van der Waals surface area contributed by atoms with E-state index in [-0.39, 0.29) is 11.3 Å². The van der Waals surface area contributed by atoms with Crippen molar-refractivity contribution in [3.63, 3.8) is 0 Å². The Morgan fingerprint density at radius 2 is 1.65 bits per heavy atom. The molecular weight excluding hydrogens is 395 g/mol. The van der Waals surface area contributed by atoms with E-state index in [9.17, 15) is 14.0 Å². The summed E-state index contributed by atoms with van der Waals surface area (Å²) in [5.41, 5.74) is 3.74. The lowest BCUT2D eigenvalue weighted by molar-refractivity contribution is -0.120. The van der Waals surface area contributed by atoms with Gasteiger partial charge < -0.3 is 10.1 Å². The van der Waals surface area contributed by atoms with Gasteiger partial charge in [0.25, 0.3) is 11.8 Å². The molecule has 3 aromatic rings. The predicted molar refractivity (Wildman–Crippen MR) is 118 cm³/mol.